The first-order chi connectivity index (χ1) is 10.2. The van der Waals surface area contributed by atoms with Crippen molar-refractivity contribution < 1.29 is 4.79 Å². The number of nitrogens with one attached hydrogen (secondary N) is 1. The lowest BCUT2D eigenvalue weighted by Crippen LogP contribution is -2.49. The lowest BCUT2D eigenvalue weighted by Gasteiger charge is -2.38. The number of hydrogen-bond acceptors (Lipinski definition) is 3. The summed E-state index contributed by atoms with van der Waals surface area (Å²) in [7, 11) is 4.12. The van der Waals surface area contributed by atoms with Crippen molar-refractivity contribution in [2.45, 2.75) is 31.3 Å². The molecule has 4 nitrogen and oxygen atoms in total. The van der Waals surface area contributed by atoms with Crippen molar-refractivity contribution in [3.8, 4) is 0 Å². The fraction of sp³-hybridized carbons (Fsp3) is 0.588. The summed E-state index contributed by atoms with van der Waals surface area (Å²) in [6.45, 7) is 3.04. The molecule has 1 aromatic carbocycles. The van der Waals surface area contributed by atoms with Crippen molar-refractivity contribution in [2.24, 2.45) is 0 Å². The van der Waals surface area contributed by atoms with E-state index in [4.69, 9.17) is 0 Å². The van der Waals surface area contributed by atoms with E-state index in [-0.39, 0.29) is 11.9 Å². The van der Waals surface area contributed by atoms with E-state index in [2.05, 4.69) is 35.5 Å². The summed E-state index contributed by atoms with van der Waals surface area (Å²) in [5, 5.41) is 3.40. The van der Waals surface area contributed by atoms with Gasteiger partial charge in [0.05, 0.1) is 0 Å². The lowest BCUT2D eigenvalue weighted by atomic mass is 9.93. The van der Waals surface area contributed by atoms with Crippen LogP contribution in [0.4, 0.5) is 0 Å². The molecule has 2 heterocycles. The van der Waals surface area contributed by atoms with Crippen molar-refractivity contribution in [2.75, 3.05) is 33.7 Å². The second-order valence-electron chi connectivity index (χ2n) is 6.32. The summed E-state index contributed by atoms with van der Waals surface area (Å²) < 4.78 is 0. The Morgan fingerprint density at radius 3 is 2.76 bits per heavy atom. The predicted molar refractivity (Wildman–Crippen MR) is 84.2 cm³/mol. The third-order valence-corrected chi connectivity index (χ3v) is 4.94. The minimum absolute atomic E-state index is 0.167. The van der Waals surface area contributed by atoms with Crippen LogP contribution in [0.5, 0.6) is 0 Å². The monoisotopic (exact) mass is 287 g/mol. The van der Waals surface area contributed by atoms with E-state index >= 15 is 0 Å². The van der Waals surface area contributed by atoms with Gasteiger partial charge in [0, 0.05) is 19.6 Å². The average Bonchev–Trinajstić information content (AvgIpc) is 2.53. The van der Waals surface area contributed by atoms with Crippen LogP contribution in [0.1, 0.15) is 30.0 Å². The molecule has 4 heteroatoms. The normalized spacial score (nSPS) is 23.6. The van der Waals surface area contributed by atoms with Crippen LogP contribution >= 0.6 is 0 Å². The summed E-state index contributed by atoms with van der Waals surface area (Å²) in [6, 6.07) is 8.54. The van der Waals surface area contributed by atoms with Crippen molar-refractivity contribution >= 4 is 5.91 Å². The van der Waals surface area contributed by atoms with E-state index in [0.29, 0.717) is 6.04 Å². The summed E-state index contributed by atoms with van der Waals surface area (Å²) in [5.41, 5.74) is 2.47. The van der Waals surface area contributed by atoms with Gasteiger partial charge in [0.15, 0.2) is 0 Å². The third kappa shape index (κ3) is 2.97. The number of likely N-dealkylation sites (tertiary alicyclic amines) is 1. The highest BCUT2D eigenvalue weighted by Crippen LogP contribution is 2.26. The second kappa shape index (κ2) is 6.16. The van der Waals surface area contributed by atoms with Crippen LogP contribution in [-0.2, 0) is 11.2 Å². The Hall–Kier alpha value is -1.39. The molecule has 1 N–H and O–H groups in total. The van der Waals surface area contributed by atoms with E-state index in [1.54, 1.807) is 0 Å². The maximum Gasteiger partial charge on any atom is 0.244 e. The fourth-order valence-corrected chi connectivity index (χ4v) is 3.49. The molecule has 21 heavy (non-hydrogen) atoms. The van der Waals surface area contributed by atoms with Gasteiger partial charge in [-0.25, -0.2) is 0 Å². The van der Waals surface area contributed by atoms with Gasteiger partial charge < -0.3 is 15.1 Å². The molecule has 3 rings (SSSR count). The zero-order valence-corrected chi connectivity index (χ0v) is 13.0. The second-order valence-corrected chi connectivity index (χ2v) is 6.32. The Labute approximate surface area is 127 Å². The van der Waals surface area contributed by atoms with Crippen LogP contribution < -0.4 is 5.32 Å². The molecule has 0 radical (unpaired) electrons. The van der Waals surface area contributed by atoms with Gasteiger partial charge in [-0.15, -0.1) is 0 Å². The summed E-state index contributed by atoms with van der Waals surface area (Å²) in [5.74, 6) is 0.219. The molecule has 1 aromatic rings. The molecular formula is C17H25N3O. The minimum atomic E-state index is -0.167. The molecule has 114 valence electrons. The first-order valence-corrected chi connectivity index (χ1v) is 7.93. The van der Waals surface area contributed by atoms with Crippen LogP contribution in [0.25, 0.3) is 0 Å². The highest BCUT2D eigenvalue weighted by atomic mass is 16.2. The third-order valence-electron chi connectivity index (χ3n) is 4.94. The van der Waals surface area contributed by atoms with Crippen LogP contribution in [0.15, 0.2) is 24.3 Å². The molecule has 0 aliphatic carbocycles. The minimum Gasteiger partial charge on any atom is -0.341 e. The SMILES string of the molecule is CN1CCC(N(C)C(=O)C2NCCc3ccccc32)CC1. The van der Waals surface area contributed by atoms with Gasteiger partial charge in [-0.2, -0.15) is 0 Å². The number of piperidine rings is 1. The van der Waals surface area contributed by atoms with Gasteiger partial charge in [0.25, 0.3) is 0 Å². The molecular weight excluding hydrogens is 262 g/mol. The summed E-state index contributed by atoms with van der Waals surface area (Å²) >= 11 is 0. The Kier molecular flexibility index (Phi) is 4.27. The van der Waals surface area contributed by atoms with E-state index in [0.717, 1.165) is 44.5 Å². The van der Waals surface area contributed by atoms with Crippen molar-refractivity contribution in [1.29, 1.82) is 0 Å². The van der Waals surface area contributed by atoms with Gasteiger partial charge in [-0.05, 0) is 50.5 Å². The maximum atomic E-state index is 12.9. The highest BCUT2D eigenvalue weighted by Gasteiger charge is 2.32. The summed E-state index contributed by atoms with van der Waals surface area (Å²) in [6.07, 6.45) is 3.16. The standard InChI is InChI=1S/C17H25N3O/c1-19-11-8-14(9-12-19)20(2)17(21)16-15-6-4-3-5-13(15)7-10-18-16/h3-6,14,16,18H,7-12H2,1-2H3. The number of hydrogen-bond donors (Lipinski definition) is 1. The van der Waals surface area contributed by atoms with Gasteiger partial charge >= 0.3 is 0 Å². The fourth-order valence-electron chi connectivity index (χ4n) is 3.49. The Bertz CT molecular complexity index is 509. The molecule has 0 saturated carbocycles. The number of carbonyl (C=O) groups excluding carboxylic acids is 1. The molecule has 0 aromatic heterocycles. The van der Waals surface area contributed by atoms with Crippen molar-refractivity contribution in [1.82, 2.24) is 15.1 Å². The van der Waals surface area contributed by atoms with Crippen molar-refractivity contribution in [3.63, 3.8) is 0 Å². The number of fused-ring (bicyclic) bond motifs is 1. The number of nitrogens with zero attached hydrogens (tertiary/aromatic N) is 2. The number of amides is 1. The van der Waals surface area contributed by atoms with Gasteiger partial charge in [0.2, 0.25) is 5.91 Å². The van der Waals surface area contributed by atoms with E-state index in [9.17, 15) is 4.79 Å². The van der Waals surface area contributed by atoms with E-state index < -0.39 is 0 Å². The molecule has 1 amide bonds. The van der Waals surface area contributed by atoms with E-state index in [1.165, 1.54) is 5.56 Å². The van der Waals surface area contributed by atoms with Gasteiger partial charge in [0.1, 0.15) is 6.04 Å². The lowest BCUT2D eigenvalue weighted by molar-refractivity contribution is -0.135. The molecule has 1 atom stereocenters. The van der Waals surface area contributed by atoms with Crippen molar-refractivity contribution in [3.05, 3.63) is 35.4 Å². The number of benzene rings is 1. The predicted octanol–water partition coefficient (Wildman–Crippen LogP) is 1.43. The Morgan fingerprint density at radius 2 is 2.00 bits per heavy atom. The first-order valence-electron chi connectivity index (χ1n) is 7.93. The molecule has 0 bridgehead atoms. The number of likely N-dealkylation sites (N-methyl/N-ethyl adjacent to an activating group) is 1. The van der Waals surface area contributed by atoms with Crippen LogP contribution in [0, 0.1) is 0 Å². The van der Waals surface area contributed by atoms with Crippen LogP contribution in [-0.4, -0.2) is 55.5 Å². The number of carbonyl (C=O) groups is 1. The zero-order chi connectivity index (χ0) is 14.8. The molecule has 0 spiro atoms. The van der Waals surface area contributed by atoms with Crippen LogP contribution in [0.2, 0.25) is 0 Å². The van der Waals surface area contributed by atoms with Gasteiger partial charge in [-0.3, -0.25) is 4.79 Å². The molecule has 1 unspecified atom stereocenters. The summed E-state index contributed by atoms with van der Waals surface area (Å²) in [4.78, 5) is 17.2. The first kappa shape index (κ1) is 14.5. The molecule has 1 saturated heterocycles. The molecule has 2 aliphatic heterocycles. The average molecular weight is 287 g/mol. The quantitative estimate of drug-likeness (QED) is 0.894. The molecule has 1 fully saturated rings. The molecule has 2 aliphatic rings. The highest BCUT2D eigenvalue weighted by molar-refractivity contribution is 5.84. The van der Waals surface area contributed by atoms with Crippen LogP contribution in [0.3, 0.4) is 0 Å². The smallest absolute Gasteiger partial charge is 0.244 e. The maximum absolute atomic E-state index is 12.9. The Balaban J connectivity index is 1.73. The largest absolute Gasteiger partial charge is 0.341 e. The Morgan fingerprint density at radius 1 is 1.29 bits per heavy atom. The van der Waals surface area contributed by atoms with Gasteiger partial charge in [-0.1, -0.05) is 24.3 Å². The topological polar surface area (TPSA) is 35.6 Å². The zero-order valence-electron chi connectivity index (χ0n) is 13.0. The van der Waals surface area contributed by atoms with E-state index in [1.807, 2.05) is 18.0 Å². The number of rotatable bonds is 2.